The van der Waals surface area contributed by atoms with Gasteiger partial charge in [0, 0.05) is 5.69 Å². The number of alkyl halides is 3. The third-order valence-corrected chi connectivity index (χ3v) is 3.44. The van der Waals surface area contributed by atoms with Crippen molar-refractivity contribution >= 4 is 46.4 Å². The van der Waals surface area contributed by atoms with Crippen LogP contribution in [-0.2, 0) is 4.79 Å². The van der Waals surface area contributed by atoms with E-state index in [9.17, 15) is 9.90 Å². The van der Waals surface area contributed by atoms with Crippen molar-refractivity contribution < 1.29 is 9.90 Å². The fraction of sp³-hybridized carbons (Fsp3) is 0.500. The largest absolute Gasteiger partial charge is 0.507 e. The lowest BCUT2D eigenvalue weighted by Gasteiger charge is -2.19. The van der Waals surface area contributed by atoms with E-state index in [1.165, 1.54) is 0 Å². The molecule has 0 saturated carbocycles. The number of carbonyl (C=O) groups excluding carboxylic acids is 1. The second-order valence-corrected chi connectivity index (χ2v) is 7.55. The summed E-state index contributed by atoms with van der Waals surface area (Å²) in [6.07, 6.45) is 0. The monoisotopic (exact) mass is 337 g/mol. The molecule has 1 aromatic rings. The van der Waals surface area contributed by atoms with E-state index in [1.54, 1.807) is 12.1 Å². The first-order valence-electron chi connectivity index (χ1n) is 6.29. The SMILES string of the molecule is CC(C)c1cc(NC(=O)C(Cl)(Cl)Cl)cc(C(C)C)c1O. The van der Waals surface area contributed by atoms with Gasteiger partial charge in [0.2, 0.25) is 0 Å². The van der Waals surface area contributed by atoms with Gasteiger partial charge in [0.25, 0.3) is 9.70 Å². The Morgan fingerprint density at radius 2 is 1.50 bits per heavy atom. The van der Waals surface area contributed by atoms with E-state index < -0.39 is 9.70 Å². The van der Waals surface area contributed by atoms with E-state index in [0.717, 1.165) is 11.1 Å². The lowest BCUT2D eigenvalue weighted by molar-refractivity contribution is -0.115. The normalized spacial score (nSPS) is 12.1. The van der Waals surface area contributed by atoms with E-state index >= 15 is 0 Å². The summed E-state index contributed by atoms with van der Waals surface area (Å²) in [7, 11) is 0. The van der Waals surface area contributed by atoms with Gasteiger partial charge in [-0.05, 0) is 35.1 Å². The minimum Gasteiger partial charge on any atom is -0.507 e. The van der Waals surface area contributed by atoms with Gasteiger partial charge >= 0.3 is 0 Å². The number of carbonyl (C=O) groups is 1. The highest BCUT2D eigenvalue weighted by Gasteiger charge is 2.31. The summed E-state index contributed by atoms with van der Waals surface area (Å²) in [5, 5.41) is 12.8. The van der Waals surface area contributed by atoms with Crippen molar-refractivity contribution in [3.8, 4) is 5.75 Å². The maximum Gasteiger partial charge on any atom is 0.276 e. The Balaban J connectivity index is 3.25. The fourth-order valence-electron chi connectivity index (χ4n) is 1.83. The third kappa shape index (κ3) is 4.18. The van der Waals surface area contributed by atoms with Gasteiger partial charge in [-0.2, -0.15) is 0 Å². The molecule has 0 aromatic heterocycles. The van der Waals surface area contributed by atoms with Crippen molar-refractivity contribution in [1.29, 1.82) is 0 Å². The minimum absolute atomic E-state index is 0.108. The van der Waals surface area contributed by atoms with Crippen LogP contribution < -0.4 is 5.32 Å². The number of phenols is 1. The van der Waals surface area contributed by atoms with Crippen molar-refractivity contribution in [3.63, 3.8) is 0 Å². The minimum atomic E-state index is -2.02. The second-order valence-electron chi connectivity index (χ2n) is 5.26. The number of phenolic OH excluding ortho intramolecular Hbond substituents is 1. The van der Waals surface area contributed by atoms with Crippen LogP contribution >= 0.6 is 34.8 Å². The predicted octanol–water partition coefficient (Wildman–Crippen LogP) is 4.95. The average molecular weight is 339 g/mol. The first kappa shape index (κ1) is 17.4. The van der Waals surface area contributed by atoms with Crippen molar-refractivity contribution in [1.82, 2.24) is 0 Å². The van der Waals surface area contributed by atoms with E-state index in [4.69, 9.17) is 34.8 Å². The van der Waals surface area contributed by atoms with Crippen LogP contribution in [0.3, 0.4) is 0 Å². The van der Waals surface area contributed by atoms with Crippen molar-refractivity contribution in [2.24, 2.45) is 0 Å². The molecule has 0 aliphatic carbocycles. The molecule has 0 heterocycles. The highest BCUT2D eigenvalue weighted by atomic mass is 35.6. The fourth-order valence-corrected chi connectivity index (χ4v) is 1.98. The Hall–Kier alpha value is -0.640. The Morgan fingerprint density at radius 1 is 1.10 bits per heavy atom. The molecule has 1 amide bonds. The predicted molar refractivity (Wildman–Crippen MR) is 85.2 cm³/mol. The summed E-state index contributed by atoms with van der Waals surface area (Å²) in [6.45, 7) is 7.83. The van der Waals surface area contributed by atoms with E-state index in [-0.39, 0.29) is 17.6 Å². The van der Waals surface area contributed by atoms with E-state index in [2.05, 4.69) is 5.32 Å². The topological polar surface area (TPSA) is 49.3 Å². The summed E-state index contributed by atoms with van der Waals surface area (Å²) in [5.74, 6) is -0.256. The standard InChI is InChI=1S/C14H18Cl3NO2/c1-7(2)10-5-9(18-13(20)14(15,16)17)6-11(8(3)4)12(10)19/h5-8,19H,1-4H3,(H,18,20). The zero-order valence-corrected chi connectivity index (χ0v) is 14.1. The first-order valence-corrected chi connectivity index (χ1v) is 7.42. The van der Waals surface area contributed by atoms with Gasteiger partial charge in [-0.1, -0.05) is 62.5 Å². The molecule has 0 spiro atoms. The van der Waals surface area contributed by atoms with Gasteiger partial charge in [-0.3, -0.25) is 4.79 Å². The molecule has 20 heavy (non-hydrogen) atoms. The van der Waals surface area contributed by atoms with Crippen LogP contribution in [0.2, 0.25) is 0 Å². The van der Waals surface area contributed by atoms with Crippen molar-refractivity contribution in [3.05, 3.63) is 23.3 Å². The van der Waals surface area contributed by atoms with Crippen molar-refractivity contribution in [2.45, 2.75) is 43.3 Å². The lowest BCUT2D eigenvalue weighted by atomic mass is 9.93. The van der Waals surface area contributed by atoms with Gasteiger partial charge < -0.3 is 10.4 Å². The molecular weight excluding hydrogens is 321 g/mol. The summed E-state index contributed by atoms with van der Waals surface area (Å²) in [4.78, 5) is 11.7. The zero-order chi connectivity index (χ0) is 15.7. The van der Waals surface area contributed by atoms with Crippen molar-refractivity contribution in [2.75, 3.05) is 5.32 Å². The van der Waals surface area contributed by atoms with Gasteiger partial charge in [-0.25, -0.2) is 0 Å². The number of hydrogen-bond acceptors (Lipinski definition) is 2. The Bertz CT molecular complexity index is 479. The molecule has 0 fully saturated rings. The molecule has 0 atom stereocenters. The lowest BCUT2D eigenvalue weighted by Crippen LogP contribution is -2.27. The van der Waals surface area contributed by atoms with Gasteiger partial charge in [0.1, 0.15) is 5.75 Å². The van der Waals surface area contributed by atoms with Gasteiger partial charge in [0.15, 0.2) is 0 Å². The van der Waals surface area contributed by atoms with Crippen LogP contribution in [0.1, 0.15) is 50.7 Å². The summed E-state index contributed by atoms with van der Waals surface area (Å²) >= 11 is 16.6. The molecule has 0 aliphatic rings. The number of amides is 1. The molecule has 3 nitrogen and oxygen atoms in total. The summed E-state index contributed by atoms with van der Waals surface area (Å²) in [5.41, 5.74) is 2.00. The number of aromatic hydroxyl groups is 1. The van der Waals surface area contributed by atoms with Crippen LogP contribution in [0, 0.1) is 0 Å². The number of hydrogen-bond donors (Lipinski definition) is 2. The van der Waals surface area contributed by atoms with E-state index in [1.807, 2.05) is 27.7 Å². The second kappa shape index (κ2) is 6.42. The average Bonchev–Trinajstić information content (AvgIpc) is 2.28. The smallest absolute Gasteiger partial charge is 0.276 e. The van der Waals surface area contributed by atoms with Gasteiger partial charge in [-0.15, -0.1) is 0 Å². The molecule has 1 rings (SSSR count). The maximum atomic E-state index is 11.7. The maximum absolute atomic E-state index is 11.7. The highest BCUT2D eigenvalue weighted by molar-refractivity contribution is 6.76. The molecule has 2 N–H and O–H groups in total. The summed E-state index contributed by atoms with van der Waals surface area (Å²) < 4.78 is -2.02. The molecular formula is C14H18Cl3NO2. The van der Waals surface area contributed by atoms with Crippen LogP contribution in [0.4, 0.5) is 5.69 Å². The molecule has 0 radical (unpaired) electrons. The highest BCUT2D eigenvalue weighted by Crippen LogP contribution is 2.37. The number of rotatable bonds is 3. The quantitative estimate of drug-likeness (QED) is 0.605. The molecule has 0 bridgehead atoms. The van der Waals surface area contributed by atoms with Crippen LogP contribution in [-0.4, -0.2) is 14.8 Å². The number of benzene rings is 1. The van der Waals surface area contributed by atoms with Crippen LogP contribution in [0.5, 0.6) is 5.75 Å². The van der Waals surface area contributed by atoms with E-state index in [0.29, 0.717) is 5.69 Å². The first-order chi connectivity index (χ1) is 9.04. The van der Waals surface area contributed by atoms with Gasteiger partial charge in [0.05, 0.1) is 0 Å². The molecule has 6 heteroatoms. The Kier molecular flexibility index (Phi) is 5.59. The third-order valence-electron chi connectivity index (χ3n) is 2.93. The molecule has 112 valence electrons. The molecule has 0 aliphatic heterocycles. The molecule has 0 unspecified atom stereocenters. The van der Waals surface area contributed by atoms with Crippen LogP contribution in [0.15, 0.2) is 12.1 Å². The molecule has 1 aromatic carbocycles. The Labute approximate surface area is 134 Å². The zero-order valence-electron chi connectivity index (χ0n) is 11.8. The number of nitrogens with one attached hydrogen (secondary N) is 1. The molecule has 0 saturated heterocycles. The summed E-state index contributed by atoms with van der Waals surface area (Å²) in [6, 6.07) is 3.39. The number of anilines is 1. The number of halogens is 3. The van der Waals surface area contributed by atoms with Crippen LogP contribution in [0.25, 0.3) is 0 Å². The Morgan fingerprint density at radius 3 is 1.80 bits per heavy atom.